The van der Waals surface area contributed by atoms with Crippen molar-refractivity contribution in [1.82, 2.24) is 4.72 Å². The van der Waals surface area contributed by atoms with Gasteiger partial charge < -0.3 is 5.73 Å². The van der Waals surface area contributed by atoms with Crippen LogP contribution in [0.15, 0.2) is 47.4 Å². The van der Waals surface area contributed by atoms with Gasteiger partial charge in [-0.05, 0) is 43.2 Å². The second-order valence-corrected chi connectivity index (χ2v) is 10.5. The van der Waals surface area contributed by atoms with Crippen LogP contribution < -0.4 is 10.5 Å². The molecular formula is C24H30Cl2N2O4S. The van der Waals surface area contributed by atoms with Crippen molar-refractivity contribution in [3.05, 3.63) is 63.6 Å². The van der Waals surface area contributed by atoms with E-state index in [9.17, 15) is 18.0 Å². The third kappa shape index (κ3) is 9.08. The Hall–Kier alpha value is -1.93. The minimum Gasteiger partial charge on any atom is -0.370 e. The molecule has 0 bridgehead atoms. The van der Waals surface area contributed by atoms with Gasteiger partial charge in [0.15, 0.2) is 5.78 Å². The number of rotatable bonds is 15. The molecule has 3 N–H and O–H groups in total. The zero-order valence-corrected chi connectivity index (χ0v) is 20.8. The van der Waals surface area contributed by atoms with Crippen molar-refractivity contribution in [1.29, 1.82) is 0 Å². The third-order valence-electron chi connectivity index (χ3n) is 5.24. The molecule has 9 heteroatoms. The second-order valence-electron chi connectivity index (χ2n) is 7.89. The van der Waals surface area contributed by atoms with E-state index in [1.54, 1.807) is 24.3 Å². The van der Waals surface area contributed by atoms with Gasteiger partial charge in [-0.25, -0.2) is 13.1 Å². The quantitative estimate of drug-likeness (QED) is 0.242. The number of halogens is 2. The number of nitrogens with two attached hydrogens (primary N) is 1. The average molecular weight is 513 g/mol. The van der Waals surface area contributed by atoms with E-state index in [0.717, 1.165) is 44.9 Å². The lowest BCUT2D eigenvalue weighted by atomic mass is 10.0. The van der Waals surface area contributed by atoms with Gasteiger partial charge in [-0.3, -0.25) is 9.59 Å². The molecule has 2 rings (SSSR count). The van der Waals surface area contributed by atoms with Crippen LogP contribution >= 0.6 is 23.2 Å². The van der Waals surface area contributed by atoms with Crippen molar-refractivity contribution in [2.75, 3.05) is 6.54 Å². The molecule has 0 unspecified atom stereocenters. The van der Waals surface area contributed by atoms with Gasteiger partial charge >= 0.3 is 0 Å². The molecule has 6 nitrogen and oxygen atoms in total. The Morgan fingerprint density at radius 2 is 1.42 bits per heavy atom. The molecule has 0 atom stereocenters. The summed E-state index contributed by atoms with van der Waals surface area (Å²) in [6.45, 7) is 0.281. The van der Waals surface area contributed by atoms with Gasteiger partial charge in [0.2, 0.25) is 15.9 Å². The molecule has 0 heterocycles. The van der Waals surface area contributed by atoms with E-state index in [-0.39, 0.29) is 38.5 Å². The van der Waals surface area contributed by atoms with Gasteiger partial charge in [0.1, 0.15) is 0 Å². The SMILES string of the molecule is NC(=O)CCCCCCCCCCNS(=O)(=O)c1ccc(Cl)cc1C(=O)c1ccccc1Cl. The van der Waals surface area contributed by atoms with Crippen molar-refractivity contribution in [2.24, 2.45) is 5.73 Å². The van der Waals surface area contributed by atoms with Crippen molar-refractivity contribution >= 4 is 44.9 Å². The lowest BCUT2D eigenvalue weighted by molar-refractivity contribution is -0.118. The monoisotopic (exact) mass is 512 g/mol. The molecule has 180 valence electrons. The minimum atomic E-state index is -3.90. The van der Waals surface area contributed by atoms with E-state index in [2.05, 4.69) is 4.72 Å². The highest BCUT2D eigenvalue weighted by Crippen LogP contribution is 2.26. The highest BCUT2D eigenvalue weighted by Gasteiger charge is 2.24. The second kappa shape index (κ2) is 13.7. The van der Waals surface area contributed by atoms with Crippen LogP contribution in [0.5, 0.6) is 0 Å². The summed E-state index contributed by atoms with van der Waals surface area (Å²) >= 11 is 12.2. The zero-order valence-electron chi connectivity index (χ0n) is 18.5. The standard InChI is InChI=1S/C24H30Cl2N2O4S/c25-18-14-15-22(20(17-18)24(30)19-11-8-9-12-21(19)26)33(31,32)28-16-10-6-4-2-1-3-5-7-13-23(27)29/h8-9,11-12,14-15,17,28H,1-7,10,13,16H2,(H2,27,29). The molecule has 0 aliphatic heterocycles. The van der Waals surface area contributed by atoms with Crippen LogP contribution in [-0.4, -0.2) is 26.7 Å². The Morgan fingerprint density at radius 1 is 0.818 bits per heavy atom. The summed E-state index contributed by atoms with van der Waals surface area (Å²) in [5.74, 6) is -0.754. The van der Waals surface area contributed by atoms with Crippen molar-refractivity contribution in [3.63, 3.8) is 0 Å². The molecule has 2 aromatic carbocycles. The number of carbonyl (C=O) groups is 2. The molecule has 2 aromatic rings. The number of hydrogen-bond donors (Lipinski definition) is 2. The Balaban J connectivity index is 1.86. The first-order valence-electron chi connectivity index (χ1n) is 11.1. The van der Waals surface area contributed by atoms with Gasteiger partial charge in [0.25, 0.3) is 0 Å². The molecule has 0 aromatic heterocycles. The number of amides is 1. The van der Waals surface area contributed by atoms with E-state index in [1.165, 1.54) is 18.2 Å². The van der Waals surface area contributed by atoms with Gasteiger partial charge in [0, 0.05) is 29.1 Å². The number of primary amides is 1. The number of unbranched alkanes of at least 4 members (excludes halogenated alkanes) is 7. The van der Waals surface area contributed by atoms with Crippen molar-refractivity contribution in [3.8, 4) is 0 Å². The van der Waals surface area contributed by atoms with Gasteiger partial charge in [-0.1, -0.05) is 73.9 Å². The molecule has 0 fully saturated rings. The predicted molar refractivity (Wildman–Crippen MR) is 132 cm³/mol. The zero-order chi connectivity index (χ0) is 24.3. The Labute approximate surface area is 205 Å². The van der Waals surface area contributed by atoms with Gasteiger partial charge in [0.05, 0.1) is 9.92 Å². The maximum Gasteiger partial charge on any atom is 0.241 e. The lowest BCUT2D eigenvalue weighted by Crippen LogP contribution is -2.26. The van der Waals surface area contributed by atoms with E-state index >= 15 is 0 Å². The molecule has 1 amide bonds. The van der Waals surface area contributed by atoms with Crippen LogP contribution in [0.2, 0.25) is 10.0 Å². The van der Waals surface area contributed by atoms with E-state index in [0.29, 0.717) is 12.8 Å². The maximum absolute atomic E-state index is 13.0. The number of hydrogen-bond acceptors (Lipinski definition) is 4. The fourth-order valence-corrected chi connectivity index (χ4v) is 5.12. The van der Waals surface area contributed by atoms with E-state index in [1.807, 2.05) is 0 Å². The summed E-state index contributed by atoms with van der Waals surface area (Å²) in [7, 11) is -3.90. The maximum atomic E-state index is 13.0. The summed E-state index contributed by atoms with van der Waals surface area (Å²) in [6, 6.07) is 10.6. The molecule has 0 saturated heterocycles. The summed E-state index contributed by atoms with van der Waals surface area (Å²) < 4.78 is 28.4. The van der Waals surface area contributed by atoms with Crippen LogP contribution in [0.25, 0.3) is 0 Å². The van der Waals surface area contributed by atoms with Crippen LogP contribution in [-0.2, 0) is 14.8 Å². The number of benzene rings is 2. The molecule has 0 spiro atoms. The third-order valence-corrected chi connectivity index (χ3v) is 7.32. The Morgan fingerprint density at radius 3 is 2.06 bits per heavy atom. The summed E-state index contributed by atoms with van der Waals surface area (Å²) in [5, 5.41) is 0.505. The number of sulfonamides is 1. The van der Waals surface area contributed by atoms with Gasteiger partial charge in [-0.2, -0.15) is 0 Å². The largest absolute Gasteiger partial charge is 0.370 e. The lowest BCUT2D eigenvalue weighted by Gasteiger charge is -2.12. The highest BCUT2D eigenvalue weighted by atomic mass is 35.5. The summed E-state index contributed by atoms with van der Waals surface area (Å²) in [5.41, 5.74) is 5.32. The summed E-state index contributed by atoms with van der Waals surface area (Å²) in [6.07, 6.45) is 8.10. The summed E-state index contributed by atoms with van der Waals surface area (Å²) in [4.78, 5) is 23.6. The molecule has 0 saturated carbocycles. The molecule has 33 heavy (non-hydrogen) atoms. The van der Waals surface area contributed by atoms with E-state index in [4.69, 9.17) is 28.9 Å². The van der Waals surface area contributed by atoms with Crippen LogP contribution in [0.3, 0.4) is 0 Å². The smallest absolute Gasteiger partial charge is 0.241 e. The van der Waals surface area contributed by atoms with Crippen LogP contribution in [0.4, 0.5) is 0 Å². The first-order chi connectivity index (χ1) is 15.7. The van der Waals surface area contributed by atoms with Crippen molar-refractivity contribution < 1.29 is 18.0 Å². The predicted octanol–water partition coefficient (Wildman–Crippen LogP) is 5.50. The Bertz CT molecular complexity index is 1060. The highest BCUT2D eigenvalue weighted by molar-refractivity contribution is 7.89. The molecule has 0 aliphatic carbocycles. The normalized spacial score (nSPS) is 11.5. The van der Waals surface area contributed by atoms with Crippen LogP contribution in [0.1, 0.15) is 73.7 Å². The van der Waals surface area contributed by atoms with E-state index < -0.39 is 15.8 Å². The van der Waals surface area contributed by atoms with Crippen LogP contribution in [0, 0.1) is 0 Å². The molecule has 0 aliphatic rings. The molecule has 0 radical (unpaired) electrons. The first-order valence-corrected chi connectivity index (χ1v) is 13.3. The number of nitrogens with one attached hydrogen (secondary N) is 1. The fraction of sp³-hybridized carbons (Fsp3) is 0.417. The first kappa shape index (κ1) is 27.3. The molecular weight excluding hydrogens is 483 g/mol. The Kier molecular flexibility index (Phi) is 11.3. The fourth-order valence-electron chi connectivity index (χ4n) is 3.47. The number of ketones is 1. The number of carbonyl (C=O) groups excluding carboxylic acids is 2. The minimum absolute atomic E-state index is 0.0144. The topological polar surface area (TPSA) is 106 Å². The average Bonchev–Trinajstić information content (AvgIpc) is 2.77. The van der Waals surface area contributed by atoms with Crippen molar-refractivity contribution in [2.45, 2.75) is 62.7 Å². The van der Waals surface area contributed by atoms with Gasteiger partial charge in [-0.15, -0.1) is 0 Å².